The summed E-state index contributed by atoms with van der Waals surface area (Å²) in [6.45, 7) is 3.40. The fourth-order valence-corrected chi connectivity index (χ4v) is 3.07. The van der Waals surface area contributed by atoms with E-state index in [2.05, 4.69) is 21.0 Å². The summed E-state index contributed by atoms with van der Waals surface area (Å²) in [5.74, 6) is 5.93. The van der Waals surface area contributed by atoms with Crippen molar-refractivity contribution in [1.82, 2.24) is 0 Å². The Kier molecular flexibility index (Phi) is 20.5. The first-order valence-corrected chi connectivity index (χ1v) is 10.2. The molecule has 0 bridgehead atoms. The monoisotopic (exact) mass is 348 g/mol. The van der Waals surface area contributed by atoms with Crippen LogP contribution in [0, 0.1) is 0 Å². The lowest BCUT2D eigenvalue weighted by Gasteiger charge is -2.21. The Balaban J connectivity index is 0. The zero-order valence-electron chi connectivity index (χ0n) is 16.4. The van der Waals surface area contributed by atoms with E-state index in [0.717, 1.165) is 6.54 Å². The van der Waals surface area contributed by atoms with E-state index in [-0.39, 0.29) is 12.4 Å². The lowest BCUT2D eigenvalue weighted by molar-refractivity contribution is -0.902. The summed E-state index contributed by atoms with van der Waals surface area (Å²) in [5.41, 5.74) is 0. The molecule has 2 nitrogen and oxygen atoms in total. The zero-order chi connectivity index (χ0) is 16.5. The van der Waals surface area contributed by atoms with Crippen molar-refractivity contribution in [3.63, 3.8) is 0 Å². The van der Waals surface area contributed by atoms with Gasteiger partial charge in [0.2, 0.25) is 0 Å². The number of halogens is 1. The van der Waals surface area contributed by atoms with Gasteiger partial charge in [0.1, 0.15) is 0 Å². The zero-order valence-corrected chi connectivity index (χ0v) is 17.2. The van der Waals surface area contributed by atoms with Crippen LogP contribution in [0.3, 0.4) is 0 Å². The molecule has 0 saturated carbocycles. The van der Waals surface area contributed by atoms with Gasteiger partial charge in [0.25, 0.3) is 0 Å². The molecule has 0 unspecified atom stereocenters. The summed E-state index contributed by atoms with van der Waals surface area (Å²) in [6, 6.07) is 0. The highest BCUT2D eigenvalue weighted by Crippen LogP contribution is 2.13. The van der Waals surface area contributed by atoms with E-state index in [0.29, 0.717) is 4.59 Å². The fraction of sp³-hybridized carbons (Fsp3) is 1.00. The minimum absolute atomic E-state index is 0. The second kappa shape index (κ2) is 18.5. The van der Waals surface area contributed by atoms with E-state index in [1.807, 2.05) is 0 Å². The Morgan fingerprint density at radius 3 is 1.04 bits per heavy atom. The molecule has 0 rings (SSSR count). The summed E-state index contributed by atoms with van der Waals surface area (Å²) in [6.07, 6.45) is 22.9. The molecule has 2 N–H and O–H groups in total. The topological polar surface area (TPSA) is 26.0 Å². The van der Waals surface area contributed by atoms with Crippen molar-refractivity contribution in [3.05, 3.63) is 0 Å². The third-order valence-electron chi connectivity index (χ3n) is 4.59. The van der Waals surface area contributed by atoms with Crippen LogP contribution in [0.15, 0.2) is 0 Å². The van der Waals surface area contributed by atoms with Crippen LogP contribution < -0.4 is 18.2 Å². The van der Waals surface area contributed by atoms with Crippen LogP contribution in [0.25, 0.3) is 0 Å². The molecule has 23 heavy (non-hydrogen) atoms. The molecule has 0 saturated heterocycles. The third-order valence-corrected chi connectivity index (χ3v) is 4.59. The van der Waals surface area contributed by atoms with E-state index in [4.69, 9.17) is 5.84 Å². The number of hydrogen-bond acceptors (Lipinski definition) is 1. The molecule has 0 heterocycles. The number of unbranched alkanes of at least 4 members (excludes halogenated alkanes) is 15. The molecule has 0 aromatic heterocycles. The highest BCUT2D eigenvalue weighted by Gasteiger charge is 2.06. The van der Waals surface area contributed by atoms with Crippen LogP contribution in [0.1, 0.15) is 110 Å². The molecule has 0 aliphatic rings. The van der Waals surface area contributed by atoms with E-state index >= 15 is 0 Å². The minimum Gasteiger partial charge on any atom is -1.00 e. The first-order valence-electron chi connectivity index (χ1n) is 10.2. The van der Waals surface area contributed by atoms with Gasteiger partial charge in [-0.2, -0.15) is 5.84 Å². The van der Waals surface area contributed by atoms with Crippen LogP contribution in [0.2, 0.25) is 0 Å². The first kappa shape index (κ1) is 25.5. The maximum Gasteiger partial charge on any atom is 0.0955 e. The molecule has 0 spiro atoms. The van der Waals surface area contributed by atoms with Crippen molar-refractivity contribution in [2.75, 3.05) is 20.6 Å². The van der Waals surface area contributed by atoms with E-state index in [9.17, 15) is 0 Å². The van der Waals surface area contributed by atoms with Gasteiger partial charge in [-0.15, -0.1) is 0 Å². The maximum absolute atomic E-state index is 5.93. The molecule has 0 atom stereocenters. The number of nitrogens with zero attached hydrogens (tertiary/aromatic N) is 1. The average Bonchev–Trinajstić information content (AvgIpc) is 2.45. The summed E-state index contributed by atoms with van der Waals surface area (Å²) in [4.78, 5) is 0. The molecule has 0 aliphatic carbocycles. The molecular weight excluding hydrogens is 304 g/mol. The number of quaternary nitrogens is 1. The Morgan fingerprint density at radius 1 is 0.522 bits per heavy atom. The molecule has 3 heteroatoms. The van der Waals surface area contributed by atoms with Gasteiger partial charge >= 0.3 is 0 Å². The SMILES string of the molecule is CCCCCCCCCCCCCCCCCC[N+](C)(C)N.[Cl-]. The first-order chi connectivity index (χ1) is 10.6. The largest absolute Gasteiger partial charge is 1.00 e. The van der Waals surface area contributed by atoms with Gasteiger partial charge in [0.15, 0.2) is 0 Å². The number of rotatable bonds is 17. The minimum atomic E-state index is 0. The molecule has 0 radical (unpaired) electrons. The van der Waals surface area contributed by atoms with Gasteiger partial charge < -0.3 is 12.4 Å². The molecule has 0 aromatic carbocycles. The van der Waals surface area contributed by atoms with Gasteiger partial charge in [-0.3, -0.25) is 4.59 Å². The fourth-order valence-electron chi connectivity index (χ4n) is 3.07. The van der Waals surface area contributed by atoms with Crippen molar-refractivity contribution in [1.29, 1.82) is 0 Å². The van der Waals surface area contributed by atoms with Gasteiger partial charge in [0, 0.05) is 0 Å². The smallest absolute Gasteiger partial charge is 0.0955 e. The second-order valence-electron chi connectivity index (χ2n) is 7.81. The van der Waals surface area contributed by atoms with Crippen molar-refractivity contribution in [2.24, 2.45) is 5.84 Å². The summed E-state index contributed by atoms with van der Waals surface area (Å²) < 4.78 is 0.624. The lowest BCUT2D eigenvalue weighted by Crippen LogP contribution is -3.00. The van der Waals surface area contributed by atoms with Crippen LogP contribution in [-0.2, 0) is 0 Å². The highest BCUT2D eigenvalue weighted by atomic mass is 35.5. The molecule has 142 valence electrons. The van der Waals surface area contributed by atoms with Gasteiger partial charge in [-0.25, -0.2) is 0 Å². The van der Waals surface area contributed by atoms with Gasteiger partial charge in [-0.1, -0.05) is 96.8 Å². The predicted molar refractivity (Wildman–Crippen MR) is 101 cm³/mol. The Labute approximate surface area is 153 Å². The van der Waals surface area contributed by atoms with Crippen molar-refractivity contribution in [2.45, 2.75) is 110 Å². The second-order valence-corrected chi connectivity index (χ2v) is 7.81. The van der Waals surface area contributed by atoms with Crippen LogP contribution in [-0.4, -0.2) is 25.2 Å². The standard InChI is InChI=1S/C20H45N2.ClH/c1-4-5-6-7-8-9-10-11-12-13-14-15-16-17-18-19-20-22(2,3)21;/h4-21H2,1-3H3;1H/q+1;/p-1. The average molecular weight is 349 g/mol. The highest BCUT2D eigenvalue weighted by molar-refractivity contribution is 4.49. The number of nitrogens with two attached hydrogens (primary N) is 1. The normalized spacial score (nSPS) is 11.5. The lowest BCUT2D eigenvalue weighted by atomic mass is 10.0. The van der Waals surface area contributed by atoms with Crippen molar-refractivity contribution >= 4 is 0 Å². The quantitative estimate of drug-likeness (QED) is 0.186. The Morgan fingerprint density at radius 2 is 0.783 bits per heavy atom. The molecule has 0 amide bonds. The Hall–Kier alpha value is 0.210. The molecule has 0 aliphatic heterocycles. The Bertz CT molecular complexity index is 214. The molecule has 0 aromatic rings. The predicted octanol–water partition coefficient (Wildman–Crippen LogP) is 3.20. The van der Waals surface area contributed by atoms with Crippen molar-refractivity contribution < 1.29 is 17.0 Å². The third kappa shape index (κ3) is 24.6. The van der Waals surface area contributed by atoms with Gasteiger partial charge in [0.05, 0.1) is 20.6 Å². The van der Waals surface area contributed by atoms with Crippen LogP contribution in [0.5, 0.6) is 0 Å². The van der Waals surface area contributed by atoms with Crippen molar-refractivity contribution in [3.8, 4) is 0 Å². The van der Waals surface area contributed by atoms with Crippen LogP contribution >= 0.6 is 0 Å². The van der Waals surface area contributed by atoms with E-state index in [1.165, 1.54) is 103 Å². The maximum atomic E-state index is 5.93. The summed E-state index contributed by atoms with van der Waals surface area (Å²) >= 11 is 0. The van der Waals surface area contributed by atoms with E-state index < -0.39 is 0 Å². The summed E-state index contributed by atoms with van der Waals surface area (Å²) in [7, 11) is 4.15. The van der Waals surface area contributed by atoms with Gasteiger partial charge in [-0.05, 0) is 12.8 Å². The van der Waals surface area contributed by atoms with E-state index in [1.54, 1.807) is 0 Å². The summed E-state index contributed by atoms with van der Waals surface area (Å²) in [5, 5.41) is 0. The number of hydrogen-bond donors (Lipinski definition) is 1. The molecule has 0 fully saturated rings. The molecular formula is C20H45ClN2. The van der Waals surface area contributed by atoms with Crippen LogP contribution in [0.4, 0.5) is 0 Å².